The Balaban J connectivity index is 1.77. The molecule has 1 aliphatic rings. The number of methoxy groups -OCH3 is 1. The molecule has 0 bridgehead atoms. The summed E-state index contributed by atoms with van der Waals surface area (Å²) in [5, 5.41) is 5.47. The number of halogens is 6. The van der Waals surface area contributed by atoms with E-state index >= 15 is 0 Å². The van der Waals surface area contributed by atoms with Gasteiger partial charge in [0.15, 0.2) is 11.6 Å². The van der Waals surface area contributed by atoms with Gasteiger partial charge in [0.1, 0.15) is 0 Å². The third kappa shape index (κ3) is 9.53. The van der Waals surface area contributed by atoms with E-state index < -0.39 is 41.6 Å². The molecule has 2 aromatic carbocycles. The number of nitrogens with one attached hydrogen (secondary N) is 2. The van der Waals surface area contributed by atoms with Crippen molar-refractivity contribution >= 4 is 34.8 Å². The van der Waals surface area contributed by atoms with Crippen LogP contribution in [0.4, 0.5) is 33.3 Å². The highest BCUT2D eigenvalue weighted by Crippen LogP contribution is 2.33. The second-order valence-corrected chi connectivity index (χ2v) is 11.1. The van der Waals surface area contributed by atoms with Crippen LogP contribution in [0.3, 0.4) is 0 Å². The number of anilines is 2. The normalized spacial score (nSPS) is 16.1. The van der Waals surface area contributed by atoms with E-state index in [0.29, 0.717) is 42.5 Å². The maximum absolute atomic E-state index is 14.9. The number of hydrogen-bond acceptors (Lipinski definition) is 5. The van der Waals surface area contributed by atoms with Gasteiger partial charge in [0.05, 0.1) is 30.0 Å². The number of carbonyl (C=O) groups excluding carboxylic acids is 2. The second kappa shape index (κ2) is 15.0. The fraction of sp³-hybridized carbons (Fsp3) is 0.517. The molecule has 2 N–H and O–H groups in total. The molecule has 0 aromatic heterocycles. The monoisotopic (exact) mass is 618 g/mol. The van der Waals surface area contributed by atoms with Gasteiger partial charge in [-0.3, -0.25) is 14.5 Å². The second-order valence-electron chi connectivity index (χ2n) is 10.7. The van der Waals surface area contributed by atoms with Gasteiger partial charge in [-0.1, -0.05) is 31.5 Å². The Morgan fingerprint density at radius 3 is 2.52 bits per heavy atom. The molecule has 0 unspecified atom stereocenters. The van der Waals surface area contributed by atoms with Crippen molar-refractivity contribution in [2.45, 2.75) is 51.9 Å². The number of alkyl halides is 3. The average Bonchev–Trinajstić information content (AvgIpc) is 2.92. The van der Waals surface area contributed by atoms with Crippen molar-refractivity contribution in [1.82, 2.24) is 10.2 Å². The van der Waals surface area contributed by atoms with Crippen molar-refractivity contribution in [3.63, 3.8) is 0 Å². The maximum Gasteiger partial charge on any atom is 0.390 e. The highest BCUT2D eigenvalue weighted by Gasteiger charge is 2.33. The van der Waals surface area contributed by atoms with Crippen LogP contribution in [0.1, 0.15) is 49.0 Å². The average molecular weight is 619 g/mol. The largest absolute Gasteiger partial charge is 0.390 e. The molecule has 232 valence electrons. The number of ether oxygens (including phenoxy) is 1. The first-order valence-electron chi connectivity index (χ1n) is 13.7. The van der Waals surface area contributed by atoms with Crippen molar-refractivity contribution in [2.75, 3.05) is 50.1 Å². The fourth-order valence-electron chi connectivity index (χ4n) is 4.88. The van der Waals surface area contributed by atoms with Crippen molar-refractivity contribution in [3.8, 4) is 0 Å². The van der Waals surface area contributed by atoms with E-state index in [-0.39, 0.29) is 43.6 Å². The van der Waals surface area contributed by atoms with E-state index in [2.05, 4.69) is 10.6 Å². The molecule has 7 nitrogen and oxygen atoms in total. The third-order valence-electron chi connectivity index (χ3n) is 7.00. The van der Waals surface area contributed by atoms with Gasteiger partial charge >= 0.3 is 6.18 Å². The lowest BCUT2D eigenvalue weighted by molar-refractivity contribution is -0.139. The Kier molecular flexibility index (Phi) is 12.0. The quantitative estimate of drug-likeness (QED) is 0.285. The number of piperazine rings is 1. The summed E-state index contributed by atoms with van der Waals surface area (Å²) in [6.07, 6.45) is -4.43. The van der Waals surface area contributed by atoms with Crippen LogP contribution in [0.25, 0.3) is 0 Å². The SMILES string of the molecule is COCCC(=O)NCc1ccc(C(=O)Nc2ccc(Cl)cc2N2CCN(CCC(F)(F)F)[C@@H](CC(C)C)C2)c(F)c1F. The van der Waals surface area contributed by atoms with Crippen LogP contribution in [0, 0.1) is 17.6 Å². The Bertz CT molecular complexity index is 1240. The lowest BCUT2D eigenvalue weighted by Gasteiger charge is -2.43. The minimum absolute atomic E-state index is 0.0609. The zero-order valence-corrected chi connectivity index (χ0v) is 24.5. The topological polar surface area (TPSA) is 73.9 Å². The van der Waals surface area contributed by atoms with E-state index in [1.165, 1.54) is 19.2 Å². The van der Waals surface area contributed by atoms with Gasteiger partial charge in [-0.25, -0.2) is 8.78 Å². The van der Waals surface area contributed by atoms with Gasteiger partial charge in [0.25, 0.3) is 5.91 Å². The smallest absolute Gasteiger partial charge is 0.384 e. The van der Waals surface area contributed by atoms with Crippen LogP contribution in [0.15, 0.2) is 30.3 Å². The number of benzene rings is 2. The molecule has 42 heavy (non-hydrogen) atoms. The van der Waals surface area contributed by atoms with Crippen LogP contribution in [-0.2, 0) is 16.1 Å². The molecule has 3 rings (SSSR count). The Labute approximate surface area is 247 Å². The molecule has 1 saturated heterocycles. The Hall–Kier alpha value is -2.96. The predicted molar refractivity (Wildman–Crippen MR) is 152 cm³/mol. The van der Waals surface area contributed by atoms with Gasteiger partial charge in [-0.2, -0.15) is 13.2 Å². The highest BCUT2D eigenvalue weighted by atomic mass is 35.5. The summed E-state index contributed by atoms with van der Waals surface area (Å²) < 4.78 is 73.3. The first-order valence-corrected chi connectivity index (χ1v) is 14.1. The van der Waals surface area contributed by atoms with Crippen molar-refractivity contribution in [2.24, 2.45) is 5.92 Å². The highest BCUT2D eigenvalue weighted by molar-refractivity contribution is 6.31. The molecule has 1 heterocycles. The summed E-state index contributed by atoms with van der Waals surface area (Å²) in [5.41, 5.74) is 0.168. The first-order chi connectivity index (χ1) is 19.8. The molecule has 0 radical (unpaired) electrons. The lowest BCUT2D eigenvalue weighted by Crippen LogP contribution is -2.54. The number of rotatable bonds is 12. The van der Waals surface area contributed by atoms with Gasteiger partial charge in [0.2, 0.25) is 5.91 Å². The molecule has 2 aromatic rings. The molecular weight excluding hydrogens is 583 g/mol. The van der Waals surface area contributed by atoms with Crippen LogP contribution in [-0.4, -0.2) is 68.8 Å². The van der Waals surface area contributed by atoms with Crippen LogP contribution in [0.2, 0.25) is 5.02 Å². The lowest BCUT2D eigenvalue weighted by atomic mass is 9.99. The van der Waals surface area contributed by atoms with E-state index in [1.54, 1.807) is 12.1 Å². The minimum Gasteiger partial charge on any atom is -0.384 e. The molecule has 13 heteroatoms. The van der Waals surface area contributed by atoms with Crippen molar-refractivity contribution in [1.29, 1.82) is 0 Å². The van der Waals surface area contributed by atoms with Gasteiger partial charge in [-0.15, -0.1) is 0 Å². The third-order valence-corrected chi connectivity index (χ3v) is 7.23. The maximum atomic E-state index is 14.9. The van der Waals surface area contributed by atoms with E-state index in [4.69, 9.17) is 16.3 Å². The van der Waals surface area contributed by atoms with Crippen LogP contribution < -0.4 is 15.5 Å². The molecular formula is C29H36ClF5N4O3. The number of hydrogen-bond donors (Lipinski definition) is 2. The van der Waals surface area contributed by atoms with Gasteiger partial charge in [0, 0.05) is 62.9 Å². The van der Waals surface area contributed by atoms with Crippen molar-refractivity contribution < 1.29 is 36.3 Å². The molecule has 0 spiro atoms. The summed E-state index contributed by atoms with van der Waals surface area (Å²) in [4.78, 5) is 28.6. The van der Waals surface area contributed by atoms with Crippen LogP contribution >= 0.6 is 11.6 Å². The Morgan fingerprint density at radius 2 is 1.86 bits per heavy atom. The van der Waals surface area contributed by atoms with Gasteiger partial charge in [-0.05, 0) is 36.6 Å². The molecule has 1 atom stereocenters. The summed E-state index contributed by atoms with van der Waals surface area (Å²) >= 11 is 6.26. The van der Waals surface area contributed by atoms with Gasteiger partial charge < -0.3 is 20.3 Å². The summed E-state index contributed by atoms with van der Waals surface area (Å²) in [6, 6.07) is 6.90. The Morgan fingerprint density at radius 1 is 1.12 bits per heavy atom. The summed E-state index contributed by atoms with van der Waals surface area (Å²) in [6.45, 7) is 4.96. The number of nitrogens with zero attached hydrogens (tertiary/aromatic N) is 2. The molecule has 1 aliphatic heterocycles. The van der Waals surface area contributed by atoms with E-state index in [9.17, 15) is 31.5 Å². The summed E-state index contributed by atoms with van der Waals surface area (Å²) in [5.74, 6) is -3.67. The fourth-order valence-corrected chi connectivity index (χ4v) is 5.05. The van der Waals surface area contributed by atoms with E-state index in [1.807, 2.05) is 23.6 Å². The summed E-state index contributed by atoms with van der Waals surface area (Å²) in [7, 11) is 1.44. The molecule has 2 amide bonds. The predicted octanol–water partition coefficient (Wildman–Crippen LogP) is 6.01. The van der Waals surface area contributed by atoms with E-state index in [0.717, 1.165) is 6.07 Å². The first kappa shape index (κ1) is 33.5. The van der Waals surface area contributed by atoms with Crippen molar-refractivity contribution in [3.05, 3.63) is 58.1 Å². The molecule has 0 aliphatic carbocycles. The minimum atomic E-state index is -4.26. The number of amides is 2. The van der Waals surface area contributed by atoms with Crippen LogP contribution in [0.5, 0.6) is 0 Å². The standard InChI is InChI=1S/C29H36ClF5N4O3/c1-18(2)14-21-17-39(12-11-38(21)10-9-29(33,34)35)24-15-20(30)5-7-23(24)37-28(41)22-6-4-19(26(31)27(22)32)16-36-25(40)8-13-42-3/h4-7,15,18,21H,8-14,16-17H2,1-3H3,(H,36,40)(H,37,41)/t21-/m0/s1. The molecule has 0 saturated carbocycles. The number of carbonyl (C=O) groups is 2. The zero-order chi connectivity index (χ0) is 31.0. The zero-order valence-electron chi connectivity index (χ0n) is 23.8. The molecule has 1 fully saturated rings.